The van der Waals surface area contributed by atoms with Crippen LogP contribution in [0.4, 0.5) is 17.6 Å². The highest BCUT2D eigenvalue weighted by molar-refractivity contribution is 5.54. The summed E-state index contributed by atoms with van der Waals surface area (Å²) in [5.74, 6) is 6.90. The molecule has 2 aliphatic heterocycles. The van der Waals surface area contributed by atoms with Gasteiger partial charge in [0.1, 0.15) is 11.6 Å². The smallest absolute Gasteiger partial charge is 0.223 e. The zero-order valence-corrected chi connectivity index (χ0v) is 10.1. The lowest BCUT2D eigenvalue weighted by Crippen LogP contribution is -2.45. The van der Waals surface area contributed by atoms with Gasteiger partial charge in [-0.3, -0.25) is 0 Å². The van der Waals surface area contributed by atoms with Crippen LogP contribution in [-0.4, -0.2) is 33.3 Å². The quantitative estimate of drug-likeness (QED) is 0.426. The number of anilines is 3. The van der Waals surface area contributed by atoms with Crippen LogP contribution in [0.15, 0.2) is 6.07 Å². The maximum Gasteiger partial charge on any atom is 0.223 e. The fourth-order valence-electron chi connectivity index (χ4n) is 3.18. The molecule has 0 saturated carbocycles. The van der Waals surface area contributed by atoms with E-state index in [4.69, 9.17) is 11.6 Å². The molecule has 7 heteroatoms. The predicted octanol–water partition coefficient (Wildman–Crippen LogP) is -0.164. The number of nitrogens with two attached hydrogens (primary N) is 2. The summed E-state index contributed by atoms with van der Waals surface area (Å²) in [5.41, 5.74) is 8.19. The lowest BCUT2D eigenvalue weighted by molar-refractivity contribution is 0.126. The van der Waals surface area contributed by atoms with E-state index in [1.165, 1.54) is 0 Å². The van der Waals surface area contributed by atoms with Gasteiger partial charge in [0.15, 0.2) is 0 Å². The Kier molecular flexibility index (Phi) is 2.71. The Bertz CT molecular complexity index is 439. The normalized spacial score (nSPS) is 30.6. The zero-order valence-electron chi connectivity index (χ0n) is 10.1. The second kappa shape index (κ2) is 4.25. The first kappa shape index (κ1) is 11.5. The molecule has 0 aromatic carbocycles. The van der Waals surface area contributed by atoms with Gasteiger partial charge in [0, 0.05) is 18.2 Å². The minimum atomic E-state index is -0.190. The molecule has 0 radical (unpaired) electrons. The average molecular weight is 250 g/mol. The number of aliphatic hydroxyl groups is 1. The Labute approximate surface area is 105 Å². The first-order valence-electron chi connectivity index (χ1n) is 6.25. The highest BCUT2D eigenvalue weighted by Crippen LogP contribution is 2.39. The molecule has 2 atom stereocenters. The van der Waals surface area contributed by atoms with Gasteiger partial charge in [-0.15, -0.1) is 0 Å². The summed E-state index contributed by atoms with van der Waals surface area (Å²) in [6.45, 7) is 0. The van der Waals surface area contributed by atoms with Crippen LogP contribution in [0, 0.1) is 0 Å². The Balaban J connectivity index is 1.93. The van der Waals surface area contributed by atoms with Gasteiger partial charge in [0.25, 0.3) is 0 Å². The number of aliphatic hydroxyl groups excluding tert-OH is 1. The predicted molar refractivity (Wildman–Crippen MR) is 68.8 cm³/mol. The van der Waals surface area contributed by atoms with Crippen LogP contribution < -0.4 is 21.9 Å². The fraction of sp³-hybridized carbons (Fsp3) is 0.636. The van der Waals surface area contributed by atoms with Crippen LogP contribution in [0.5, 0.6) is 0 Å². The first-order chi connectivity index (χ1) is 8.67. The van der Waals surface area contributed by atoms with E-state index in [0.717, 1.165) is 31.5 Å². The van der Waals surface area contributed by atoms with E-state index in [1.807, 2.05) is 0 Å². The van der Waals surface area contributed by atoms with E-state index >= 15 is 0 Å². The summed E-state index contributed by atoms with van der Waals surface area (Å²) in [6.07, 6.45) is 3.59. The molecular formula is C11H18N6O. The van der Waals surface area contributed by atoms with Crippen molar-refractivity contribution in [1.29, 1.82) is 0 Å². The number of aromatic nitrogens is 2. The molecule has 0 aliphatic carbocycles. The molecule has 2 unspecified atom stereocenters. The number of fused-ring (bicyclic) bond motifs is 2. The van der Waals surface area contributed by atoms with Crippen LogP contribution >= 0.6 is 0 Å². The number of hydrazine groups is 1. The number of hydrogen-bond donors (Lipinski definition) is 4. The van der Waals surface area contributed by atoms with E-state index in [9.17, 15) is 5.11 Å². The van der Waals surface area contributed by atoms with Gasteiger partial charge < -0.3 is 21.2 Å². The van der Waals surface area contributed by atoms with E-state index < -0.39 is 0 Å². The zero-order chi connectivity index (χ0) is 12.7. The molecule has 7 nitrogen and oxygen atoms in total. The molecule has 1 aromatic rings. The van der Waals surface area contributed by atoms with Crippen LogP contribution in [0.3, 0.4) is 0 Å². The lowest BCUT2D eigenvalue weighted by atomic mass is 10.00. The van der Waals surface area contributed by atoms with Crippen molar-refractivity contribution in [2.75, 3.05) is 16.1 Å². The summed E-state index contributed by atoms with van der Waals surface area (Å²) in [5, 5.41) is 9.79. The summed E-state index contributed by atoms with van der Waals surface area (Å²) in [4.78, 5) is 10.5. The van der Waals surface area contributed by atoms with Crippen LogP contribution in [0.1, 0.15) is 25.7 Å². The van der Waals surface area contributed by atoms with Crippen molar-refractivity contribution in [3.8, 4) is 0 Å². The minimum Gasteiger partial charge on any atom is -0.393 e. The van der Waals surface area contributed by atoms with E-state index in [1.54, 1.807) is 6.07 Å². The number of hydrogen-bond acceptors (Lipinski definition) is 7. The van der Waals surface area contributed by atoms with Gasteiger partial charge in [-0.25, -0.2) is 5.84 Å². The molecule has 2 saturated heterocycles. The van der Waals surface area contributed by atoms with Crippen molar-refractivity contribution < 1.29 is 5.11 Å². The second-order valence-corrected chi connectivity index (χ2v) is 5.03. The van der Waals surface area contributed by atoms with Crippen molar-refractivity contribution >= 4 is 17.6 Å². The highest BCUT2D eigenvalue weighted by atomic mass is 16.3. The van der Waals surface area contributed by atoms with Crippen molar-refractivity contribution in [2.45, 2.75) is 43.9 Å². The van der Waals surface area contributed by atoms with Gasteiger partial charge in [-0.1, -0.05) is 0 Å². The van der Waals surface area contributed by atoms with Crippen LogP contribution in [0.2, 0.25) is 0 Å². The van der Waals surface area contributed by atoms with Crippen molar-refractivity contribution in [1.82, 2.24) is 9.97 Å². The van der Waals surface area contributed by atoms with Gasteiger partial charge in [-0.05, 0) is 25.7 Å². The first-order valence-corrected chi connectivity index (χ1v) is 6.25. The summed E-state index contributed by atoms with van der Waals surface area (Å²) >= 11 is 0. The van der Waals surface area contributed by atoms with Gasteiger partial charge in [0.05, 0.1) is 6.10 Å². The number of rotatable bonds is 2. The molecule has 2 aliphatic rings. The van der Waals surface area contributed by atoms with Gasteiger partial charge in [0.2, 0.25) is 5.95 Å². The van der Waals surface area contributed by atoms with E-state index in [-0.39, 0.29) is 12.1 Å². The molecule has 1 aromatic heterocycles. The molecule has 18 heavy (non-hydrogen) atoms. The summed E-state index contributed by atoms with van der Waals surface area (Å²) in [7, 11) is 0. The van der Waals surface area contributed by atoms with Gasteiger partial charge >= 0.3 is 0 Å². The third-order valence-electron chi connectivity index (χ3n) is 3.85. The third kappa shape index (κ3) is 1.85. The van der Waals surface area contributed by atoms with Crippen molar-refractivity contribution in [3.63, 3.8) is 0 Å². The molecule has 2 bridgehead atoms. The molecule has 0 amide bonds. The summed E-state index contributed by atoms with van der Waals surface area (Å²) < 4.78 is 0. The van der Waals surface area contributed by atoms with Crippen LogP contribution in [-0.2, 0) is 0 Å². The maximum atomic E-state index is 9.79. The Hall–Kier alpha value is -1.60. The largest absolute Gasteiger partial charge is 0.393 e. The van der Waals surface area contributed by atoms with E-state index in [0.29, 0.717) is 17.9 Å². The number of nitrogens with one attached hydrogen (secondary N) is 1. The Morgan fingerprint density at radius 3 is 2.56 bits per heavy atom. The maximum absolute atomic E-state index is 9.79. The lowest BCUT2D eigenvalue weighted by Gasteiger charge is -2.38. The Morgan fingerprint density at radius 2 is 1.94 bits per heavy atom. The molecule has 3 heterocycles. The fourth-order valence-corrected chi connectivity index (χ4v) is 3.18. The molecule has 3 rings (SSSR count). The van der Waals surface area contributed by atoms with Gasteiger partial charge in [-0.2, -0.15) is 9.97 Å². The minimum absolute atomic E-state index is 0.190. The van der Waals surface area contributed by atoms with Crippen molar-refractivity contribution in [3.05, 3.63) is 6.07 Å². The van der Waals surface area contributed by atoms with Crippen LogP contribution in [0.25, 0.3) is 0 Å². The van der Waals surface area contributed by atoms with Crippen molar-refractivity contribution in [2.24, 2.45) is 5.84 Å². The molecular weight excluding hydrogens is 232 g/mol. The topological polar surface area (TPSA) is 113 Å². The molecule has 98 valence electrons. The Morgan fingerprint density at radius 1 is 1.28 bits per heavy atom. The van der Waals surface area contributed by atoms with E-state index in [2.05, 4.69) is 20.3 Å². The third-order valence-corrected chi connectivity index (χ3v) is 3.85. The number of piperidine rings is 1. The second-order valence-electron chi connectivity index (χ2n) is 5.03. The molecule has 6 N–H and O–H groups in total. The molecule has 2 fully saturated rings. The molecule has 0 spiro atoms. The number of nitrogens with zero attached hydrogens (tertiary/aromatic N) is 3. The number of nitrogen functional groups attached to an aromatic ring is 2. The SMILES string of the molecule is NNc1cc(N2C3CCC2CC(O)C3)nc(N)n1. The monoisotopic (exact) mass is 250 g/mol. The standard InChI is InChI=1S/C11H18N6O/c12-11-14-9(16-13)5-10(15-11)17-6-1-2-7(17)4-8(18)3-6/h5-8,18H,1-4,13H2,(H3,12,14,15,16). The average Bonchev–Trinajstić information content (AvgIpc) is 2.61. The summed E-state index contributed by atoms with van der Waals surface area (Å²) in [6, 6.07) is 2.50. The highest BCUT2D eigenvalue weighted by Gasteiger charge is 2.41.